The normalized spacial score (nSPS) is 14.3. The fourth-order valence-corrected chi connectivity index (χ4v) is 3.82. The van der Waals surface area contributed by atoms with E-state index in [9.17, 15) is 9.59 Å². The van der Waals surface area contributed by atoms with E-state index in [0.717, 1.165) is 49.0 Å². The summed E-state index contributed by atoms with van der Waals surface area (Å²) in [5.74, 6) is 0.485. The molecule has 0 unspecified atom stereocenters. The Kier molecular flexibility index (Phi) is 7.37. The van der Waals surface area contributed by atoms with Crippen LogP contribution >= 0.6 is 0 Å². The number of esters is 2. The first kappa shape index (κ1) is 22.9. The Morgan fingerprint density at radius 3 is 2.45 bits per heavy atom. The number of carbonyl (C=O) groups is 2. The Morgan fingerprint density at radius 1 is 1.03 bits per heavy atom. The van der Waals surface area contributed by atoms with E-state index in [1.807, 2.05) is 12.1 Å². The first-order valence-corrected chi connectivity index (χ1v) is 11.1. The maximum absolute atomic E-state index is 13.1. The van der Waals surface area contributed by atoms with Gasteiger partial charge in [-0.1, -0.05) is 33.6 Å². The number of rotatable bonds is 8. The van der Waals surface area contributed by atoms with Crippen molar-refractivity contribution in [3.8, 4) is 11.5 Å². The summed E-state index contributed by atoms with van der Waals surface area (Å²) < 4.78 is 16.6. The second-order valence-electron chi connectivity index (χ2n) is 8.58. The molecule has 1 aliphatic rings. The van der Waals surface area contributed by atoms with Gasteiger partial charge in [-0.3, -0.25) is 0 Å². The van der Waals surface area contributed by atoms with E-state index in [-0.39, 0.29) is 11.4 Å². The van der Waals surface area contributed by atoms with Gasteiger partial charge in [-0.2, -0.15) is 0 Å². The molecule has 0 amide bonds. The maximum Gasteiger partial charge on any atom is 0.343 e. The van der Waals surface area contributed by atoms with Gasteiger partial charge in [0.1, 0.15) is 11.5 Å². The lowest BCUT2D eigenvalue weighted by Crippen LogP contribution is -2.27. The lowest BCUT2D eigenvalue weighted by molar-refractivity contribution is 0.0526. The molecule has 0 aromatic heterocycles. The van der Waals surface area contributed by atoms with Crippen molar-refractivity contribution in [2.45, 2.75) is 65.2 Å². The number of unbranched alkanes of at least 4 members (excludes halogenated alkanes) is 2. The minimum atomic E-state index is -0.393. The average molecular weight is 425 g/mol. The molecule has 0 aliphatic carbocycles. The summed E-state index contributed by atoms with van der Waals surface area (Å²) in [6.07, 6.45) is 4.93. The van der Waals surface area contributed by atoms with Crippen LogP contribution in [-0.2, 0) is 16.6 Å². The number of fused-ring (bicyclic) bond motifs is 1. The van der Waals surface area contributed by atoms with Crippen LogP contribution in [0.2, 0.25) is 0 Å². The van der Waals surface area contributed by atoms with Crippen molar-refractivity contribution in [3.05, 3.63) is 58.7 Å². The second-order valence-corrected chi connectivity index (χ2v) is 8.58. The summed E-state index contributed by atoms with van der Waals surface area (Å²) in [7, 11) is 0. The van der Waals surface area contributed by atoms with Gasteiger partial charge in [-0.25, -0.2) is 9.59 Å². The smallest absolute Gasteiger partial charge is 0.343 e. The molecule has 3 rings (SSSR count). The van der Waals surface area contributed by atoms with Crippen LogP contribution in [0, 0.1) is 0 Å². The van der Waals surface area contributed by atoms with Crippen LogP contribution in [0.3, 0.4) is 0 Å². The highest BCUT2D eigenvalue weighted by Crippen LogP contribution is 2.40. The van der Waals surface area contributed by atoms with E-state index >= 15 is 0 Å². The van der Waals surface area contributed by atoms with Gasteiger partial charge in [-0.05, 0) is 73.6 Å². The van der Waals surface area contributed by atoms with E-state index in [0.29, 0.717) is 30.1 Å². The summed E-state index contributed by atoms with van der Waals surface area (Å²) >= 11 is 0. The van der Waals surface area contributed by atoms with Gasteiger partial charge in [-0.15, -0.1) is 0 Å². The average Bonchev–Trinajstić information content (AvgIpc) is 2.74. The molecule has 5 nitrogen and oxygen atoms in total. The van der Waals surface area contributed by atoms with Crippen molar-refractivity contribution in [3.63, 3.8) is 0 Å². The number of hydrogen-bond donors (Lipinski definition) is 0. The molecule has 0 radical (unpaired) electrons. The van der Waals surface area contributed by atoms with Crippen LogP contribution in [0.15, 0.2) is 36.4 Å². The van der Waals surface area contributed by atoms with Crippen LogP contribution in [-0.4, -0.2) is 25.2 Å². The Hall–Kier alpha value is -2.82. The molecule has 0 bridgehead atoms. The van der Waals surface area contributed by atoms with Gasteiger partial charge in [0.25, 0.3) is 0 Å². The second kappa shape index (κ2) is 9.99. The SMILES string of the molecule is CCCCCc1cc2c(cc1C(=O)Oc1ccc(C(=O)OCC)cc1)C(C)(C)CCO2. The van der Waals surface area contributed by atoms with E-state index in [4.69, 9.17) is 14.2 Å². The molecule has 0 saturated carbocycles. The molecule has 0 atom stereocenters. The summed E-state index contributed by atoms with van der Waals surface area (Å²) in [5, 5.41) is 0. The zero-order valence-corrected chi connectivity index (χ0v) is 19.0. The zero-order valence-electron chi connectivity index (χ0n) is 19.0. The fourth-order valence-electron chi connectivity index (χ4n) is 3.82. The monoisotopic (exact) mass is 424 g/mol. The van der Waals surface area contributed by atoms with Crippen molar-refractivity contribution in [2.75, 3.05) is 13.2 Å². The minimum Gasteiger partial charge on any atom is -0.493 e. The van der Waals surface area contributed by atoms with E-state index in [1.54, 1.807) is 31.2 Å². The molecule has 1 heterocycles. The van der Waals surface area contributed by atoms with E-state index in [2.05, 4.69) is 20.8 Å². The molecule has 166 valence electrons. The molecule has 0 N–H and O–H groups in total. The van der Waals surface area contributed by atoms with Crippen LogP contribution in [0.4, 0.5) is 0 Å². The number of carbonyl (C=O) groups excluding carboxylic acids is 2. The Balaban J connectivity index is 1.86. The van der Waals surface area contributed by atoms with Crippen molar-refractivity contribution >= 4 is 11.9 Å². The number of ether oxygens (including phenoxy) is 3. The van der Waals surface area contributed by atoms with Gasteiger partial charge < -0.3 is 14.2 Å². The minimum absolute atomic E-state index is 0.0636. The van der Waals surface area contributed by atoms with Crippen LogP contribution in [0.25, 0.3) is 0 Å². The zero-order chi connectivity index (χ0) is 22.4. The molecule has 0 spiro atoms. The van der Waals surface area contributed by atoms with Crippen molar-refractivity contribution in [1.82, 2.24) is 0 Å². The molecule has 0 fully saturated rings. The van der Waals surface area contributed by atoms with Gasteiger partial charge in [0.2, 0.25) is 0 Å². The number of aryl methyl sites for hydroxylation is 1. The Labute approximate surface area is 184 Å². The van der Waals surface area contributed by atoms with Crippen molar-refractivity contribution in [2.24, 2.45) is 0 Å². The highest BCUT2D eigenvalue weighted by molar-refractivity contribution is 5.94. The molecule has 0 saturated heterocycles. The molecule has 2 aromatic rings. The third-order valence-corrected chi connectivity index (χ3v) is 5.76. The standard InChI is InChI=1S/C26H32O5/c1-5-7-8-9-19-16-23-22(26(3,4)14-15-30-23)17-21(19)25(28)31-20-12-10-18(11-13-20)24(27)29-6-2/h10-13,16-17H,5-9,14-15H2,1-4H3. The van der Waals surface area contributed by atoms with Crippen molar-refractivity contribution < 1.29 is 23.8 Å². The predicted octanol–water partition coefficient (Wildman–Crippen LogP) is 5.88. The lowest BCUT2D eigenvalue weighted by Gasteiger charge is -2.33. The van der Waals surface area contributed by atoms with Gasteiger partial charge in [0, 0.05) is 5.56 Å². The van der Waals surface area contributed by atoms with E-state index < -0.39 is 5.97 Å². The number of hydrogen-bond acceptors (Lipinski definition) is 5. The summed E-state index contributed by atoms with van der Waals surface area (Å²) in [4.78, 5) is 25.0. The highest BCUT2D eigenvalue weighted by Gasteiger charge is 2.31. The van der Waals surface area contributed by atoms with Crippen LogP contribution < -0.4 is 9.47 Å². The quantitative estimate of drug-likeness (QED) is 0.301. The molecule has 2 aromatic carbocycles. The fraction of sp³-hybridized carbons (Fsp3) is 0.462. The van der Waals surface area contributed by atoms with Gasteiger partial charge in [0.15, 0.2) is 0 Å². The predicted molar refractivity (Wildman–Crippen MR) is 120 cm³/mol. The van der Waals surface area contributed by atoms with Gasteiger partial charge in [0.05, 0.1) is 24.3 Å². The molecular formula is C26H32O5. The summed E-state index contributed by atoms with van der Waals surface area (Å²) in [6, 6.07) is 10.4. The largest absolute Gasteiger partial charge is 0.493 e. The number of benzene rings is 2. The highest BCUT2D eigenvalue weighted by atomic mass is 16.5. The molecule has 31 heavy (non-hydrogen) atoms. The lowest BCUT2D eigenvalue weighted by atomic mass is 9.78. The van der Waals surface area contributed by atoms with Crippen molar-refractivity contribution in [1.29, 1.82) is 0 Å². The summed E-state index contributed by atoms with van der Waals surface area (Å²) in [5.41, 5.74) is 2.95. The maximum atomic E-state index is 13.1. The first-order chi connectivity index (χ1) is 14.9. The Bertz CT molecular complexity index is 928. The van der Waals surface area contributed by atoms with E-state index in [1.165, 1.54) is 0 Å². The third-order valence-electron chi connectivity index (χ3n) is 5.76. The Morgan fingerprint density at radius 2 is 1.77 bits per heavy atom. The van der Waals surface area contributed by atoms with Crippen LogP contribution in [0.5, 0.6) is 11.5 Å². The first-order valence-electron chi connectivity index (χ1n) is 11.1. The topological polar surface area (TPSA) is 61.8 Å². The van der Waals surface area contributed by atoms with Gasteiger partial charge >= 0.3 is 11.9 Å². The summed E-state index contributed by atoms with van der Waals surface area (Å²) in [6.45, 7) is 9.27. The molecule has 5 heteroatoms. The van der Waals surface area contributed by atoms with Crippen LogP contribution in [0.1, 0.15) is 85.2 Å². The third kappa shape index (κ3) is 5.46. The molecular weight excluding hydrogens is 392 g/mol. The molecule has 1 aliphatic heterocycles.